The summed E-state index contributed by atoms with van der Waals surface area (Å²) in [6, 6.07) is 8.26. The largest absolute Gasteiger partial charge is 0.490 e. The van der Waals surface area contributed by atoms with Crippen molar-refractivity contribution in [2.45, 2.75) is 39.8 Å². The van der Waals surface area contributed by atoms with E-state index in [0.29, 0.717) is 12.6 Å². The van der Waals surface area contributed by atoms with Crippen molar-refractivity contribution in [3.05, 3.63) is 24.3 Å². The summed E-state index contributed by atoms with van der Waals surface area (Å²) in [5, 5.41) is 3.35. The first-order chi connectivity index (χ1) is 8.13. The second-order valence-electron chi connectivity index (χ2n) is 4.37. The van der Waals surface area contributed by atoms with Gasteiger partial charge in [0, 0.05) is 12.6 Å². The summed E-state index contributed by atoms with van der Waals surface area (Å²) < 4.78 is 11.4. The van der Waals surface area contributed by atoms with Crippen LogP contribution in [0.15, 0.2) is 24.3 Å². The molecule has 0 aliphatic carbocycles. The predicted molar refractivity (Wildman–Crippen MR) is 70.8 cm³/mol. The van der Waals surface area contributed by atoms with Crippen molar-refractivity contribution in [1.82, 2.24) is 5.32 Å². The van der Waals surface area contributed by atoms with E-state index in [9.17, 15) is 0 Å². The lowest BCUT2D eigenvalue weighted by molar-refractivity contribution is 0.200. The zero-order valence-electron chi connectivity index (χ0n) is 11.2. The highest BCUT2D eigenvalue weighted by Crippen LogP contribution is 2.27. The lowest BCUT2D eigenvalue weighted by Crippen LogP contribution is -2.33. The molecule has 0 spiro atoms. The van der Waals surface area contributed by atoms with Crippen LogP contribution in [0.5, 0.6) is 11.5 Å². The average molecular weight is 237 g/mol. The van der Waals surface area contributed by atoms with E-state index in [4.69, 9.17) is 9.47 Å². The third-order valence-electron chi connectivity index (χ3n) is 2.29. The molecule has 1 aromatic rings. The topological polar surface area (TPSA) is 30.5 Å². The van der Waals surface area contributed by atoms with Crippen molar-refractivity contribution in [1.29, 1.82) is 0 Å². The normalized spacial score (nSPS) is 12.5. The third-order valence-corrected chi connectivity index (χ3v) is 2.29. The number of rotatable bonds is 7. The maximum atomic E-state index is 5.86. The standard InChI is InChI=1S/C14H23NO2/c1-5-16-13-8-6-7-9-14(13)17-12(4)10-15-11(2)3/h6-9,11-12,15H,5,10H2,1-4H3. The minimum atomic E-state index is 0.124. The van der Waals surface area contributed by atoms with Gasteiger partial charge in [0.1, 0.15) is 6.10 Å². The summed E-state index contributed by atoms with van der Waals surface area (Å²) in [5.41, 5.74) is 0. The molecule has 1 rings (SSSR count). The van der Waals surface area contributed by atoms with Gasteiger partial charge in [0.15, 0.2) is 11.5 Å². The Kier molecular flexibility index (Phi) is 5.84. The molecule has 3 heteroatoms. The number of nitrogens with one attached hydrogen (secondary N) is 1. The molecule has 1 aromatic carbocycles. The molecule has 0 heterocycles. The fourth-order valence-corrected chi connectivity index (χ4v) is 1.48. The Morgan fingerprint density at radius 1 is 1.12 bits per heavy atom. The van der Waals surface area contributed by atoms with Crippen LogP contribution in [0.25, 0.3) is 0 Å². The highest BCUT2D eigenvalue weighted by Gasteiger charge is 2.08. The van der Waals surface area contributed by atoms with Gasteiger partial charge in [0.25, 0.3) is 0 Å². The monoisotopic (exact) mass is 237 g/mol. The Bertz CT molecular complexity index is 326. The lowest BCUT2D eigenvalue weighted by atomic mass is 10.3. The Labute approximate surface area is 104 Å². The first-order valence-corrected chi connectivity index (χ1v) is 6.25. The van der Waals surface area contributed by atoms with Crippen LogP contribution in [0.2, 0.25) is 0 Å². The number of para-hydroxylation sites is 2. The quantitative estimate of drug-likeness (QED) is 0.791. The molecular weight excluding hydrogens is 214 g/mol. The maximum Gasteiger partial charge on any atom is 0.161 e. The van der Waals surface area contributed by atoms with E-state index in [-0.39, 0.29) is 6.10 Å². The lowest BCUT2D eigenvalue weighted by Gasteiger charge is -2.19. The summed E-state index contributed by atoms with van der Waals surface area (Å²) >= 11 is 0. The van der Waals surface area contributed by atoms with Gasteiger partial charge < -0.3 is 14.8 Å². The Morgan fingerprint density at radius 2 is 1.76 bits per heavy atom. The fraction of sp³-hybridized carbons (Fsp3) is 0.571. The SMILES string of the molecule is CCOc1ccccc1OC(C)CNC(C)C. The van der Waals surface area contributed by atoms with Gasteiger partial charge in [-0.25, -0.2) is 0 Å². The van der Waals surface area contributed by atoms with Crippen LogP contribution in [0.3, 0.4) is 0 Å². The van der Waals surface area contributed by atoms with Crippen molar-refractivity contribution >= 4 is 0 Å². The van der Waals surface area contributed by atoms with E-state index in [1.165, 1.54) is 0 Å². The molecule has 0 aliphatic rings. The van der Waals surface area contributed by atoms with Gasteiger partial charge in [0.2, 0.25) is 0 Å². The van der Waals surface area contributed by atoms with Crippen molar-refractivity contribution in [2.24, 2.45) is 0 Å². The van der Waals surface area contributed by atoms with Gasteiger partial charge in [-0.1, -0.05) is 26.0 Å². The molecule has 1 N–H and O–H groups in total. The molecule has 0 aliphatic heterocycles. The van der Waals surface area contributed by atoms with Gasteiger partial charge in [-0.3, -0.25) is 0 Å². The molecule has 1 atom stereocenters. The summed E-state index contributed by atoms with van der Waals surface area (Å²) in [6.45, 7) is 9.76. The number of ether oxygens (including phenoxy) is 2. The Balaban J connectivity index is 2.54. The van der Waals surface area contributed by atoms with Crippen LogP contribution < -0.4 is 14.8 Å². The van der Waals surface area contributed by atoms with Crippen molar-refractivity contribution in [3.8, 4) is 11.5 Å². The van der Waals surface area contributed by atoms with E-state index < -0.39 is 0 Å². The molecular formula is C14H23NO2. The van der Waals surface area contributed by atoms with E-state index in [1.54, 1.807) is 0 Å². The Morgan fingerprint density at radius 3 is 2.35 bits per heavy atom. The van der Waals surface area contributed by atoms with Crippen LogP contribution in [-0.2, 0) is 0 Å². The van der Waals surface area contributed by atoms with E-state index in [1.807, 2.05) is 31.2 Å². The van der Waals surface area contributed by atoms with Crippen LogP contribution in [0.1, 0.15) is 27.7 Å². The van der Waals surface area contributed by atoms with Crippen LogP contribution in [0.4, 0.5) is 0 Å². The second kappa shape index (κ2) is 7.17. The molecule has 0 bridgehead atoms. The van der Waals surface area contributed by atoms with Gasteiger partial charge >= 0.3 is 0 Å². The van der Waals surface area contributed by atoms with Gasteiger partial charge in [0.05, 0.1) is 6.61 Å². The molecule has 0 saturated carbocycles. The first kappa shape index (κ1) is 13.8. The molecule has 0 radical (unpaired) electrons. The molecule has 0 amide bonds. The van der Waals surface area contributed by atoms with E-state index >= 15 is 0 Å². The molecule has 17 heavy (non-hydrogen) atoms. The number of hydrogen-bond donors (Lipinski definition) is 1. The summed E-state index contributed by atoms with van der Waals surface area (Å²) in [7, 11) is 0. The van der Waals surface area contributed by atoms with E-state index in [0.717, 1.165) is 18.0 Å². The first-order valence-electron chi connectivity index (χ1n) is 6.25. The predicted octanol–water partition coefficient (Wildman–Crippen LogP) is 2.85. The van der Waals surface area contributed by atoms with Crippen LogP contribution in [-0.4, -0.2) is 25.3 Å². The smallest absolute Gasteiger partial charge is 0.161 e. The van der Waals surface area contributed by atoms with Crippen molar-refractivity contribution < 1.29 is 9.47 Å². The minimum absolute atomic E-state index is 0.124. The van der Waals surface area contributed by atoms with Crippen molar-refractivity contribution in [2.75, 3.05) is 13.2 Å². The van der Waals surface area contributed by atoms with E-state index in [2.05, 4.69) is 26.1 Å². The zero-order valence-corrected chi connectivity index (χ0v) is 11.2. The Hall–Kier alpha value is -1.22. The molecule has 96 valence electrons. The fourth-order valence-electron chi connectivity index (χ4n) is 1.48. The molecule has 3 nitrogen and oxygen atoms in total. The summed E-state index contributed by atoms with van der Waals surface area (Å²) in [4.78, 5) is 0. The van der Waals surface area contributed by atoms with Crippen LogP contribution >= 0.6 is 0 Å². The highest BCUT2D eigenvalue weighted by molar-refractivity contribution is 5.39. The van der Waals surface area contributed by atoms with Gasteiger partial charge in [-0.15, -0.1) is 0 Å². The van der Waals surface area contributed by atoms with Crippen LogP contribution in [0, 0.1) is 0 Å². The molecule has 0 saturated heterocycles. The molecule has 1 unspecified atom stereocenters. The third kappa shape index (κ3) is 5.09. The van der Waals surface area contributed by atoms with Gasteiger partial charge in [-0.05, 0) is 26.0 Å². The van der Waals surface area contributed by atoms with Gasteiger partial charge in [-0.2, -0.15) is 0 Å². The number of benzene rings is 1. The highest BCUT2D eigenvalue weighted by atomic mass is 16.5. The number of hydrogen-bond acceptors (Lipinski definition) is 3. The maximum absolute atomic E-state index is 5.86. The minimum Gasteiger partial charge on any atom is -0.490 e. The molecule has 0 aromatic heterocycles. The average Bonchev–Trinajstić information content (AvgIpc) is 2.29. The summed E-state index contributed by atoms with van der Waals surface area (Å²) in [6.07, 6.45) is 0.124. The van der Waals surface area contributed by atoms with Crippen molar-refractivity contribution in [3.63, 3.8) is 0 Å². The second-order valence-corrected chi connectivity index (χ2v) is 4.37. The summed E-state index contributed by atoms with van der Waals surface area (Å²) in [5.74, 6) is 1.62. The molecule has 0 fully saturated rings. The zero-order chi connectivity index (χ0) is 12.7.